The Morgan fingerprint density at radius 1 is 1.06 bits per heavy atom. The first kappa shape index (κ1) is 10.2. The zero-order valence-corrected chi connectivity index (χ0v) is 9.26. The van der Waals surface area contributed by atoms with E-state index < -0.39 is 11.6 Å². The first-order valence-corrected chi connectivity index (χ1v) is 6.16. The Morgan fingerprint density at radius 2 is 1.94 bits per heavy atom. The third-order valence-electron chi connectivity index (χ3n) is 4.37. The second-order valence-corrected chi connectivity index (χ2v) is 5.39. The van der Waals surface area contributed by atoms with Crippen LogP contribution in [0, 0.1) is 29.4 Å². The normalized spacial score (nSPS) is 32.2. The average molecular weight is 222 g/mol. The molecule has 3 rings (SSSR count). The van der Waals surface area contributed by atoms with Gasteiger partial charge in [-0.05, 0) is 61.1 Å². The van der Waals surface area contributed by atoms with Crippen molar-refractivity contribution in [1.29, 1.82) is 0 Å². The van der Waals surface area contributed by atoms with Gasteiger partial charge in [-0.3, -0.25) is 0 Å². The summed E-state index contributed by atoms with van der Waals surface area (Å²) in [5.74, 6) is 1.03. The molecule has 2 aliphatic rings. The van der Waals surface area contributed by atoms with Gasteiger partial charge in [0.25, 0.3) is 0 Å². The number of benzene rings is 1. The molecule has 16 heavy (non-hydrogen) atoms. The molecule has 0 aromatic heterocycles. The van der Waals surface area contributed by atoms with Crippen molar-refractivity contribution in [1.82, 2.24) is 0 Å². The number of hydrogen-bond acceptors (Lipinski definition) is 0. The fourth-order valence-corrected chi connectivity index (χ4v) is 3.60. The molecule has 3 atom stereocenters. The van der Waals surface area contributed by atoms with Gasteiger partial charge in [-0.1, -0.05) is 12.5 Å². The fraction of sp³-hybridized carbons (Fsp3) is 0.571. The second kappa shape index (κ2) is 3.83. The van der Waals surface area contributed by atoms with Gasteiger partial charge in [0.15, 0.2) is 11.6 Å². The van der Waals surface area contributed by atoms with E-state index in [0.717, 1.165) is 23.8 Å². The lowest BCUT2D eigenvalue weighted by atomic mass is 9.84. The molecule has 0 spiro atoms. The topological polar surface area (TPSA) is 0 Å². The number of hydrogen-bond donors (Lipinski definition) is 0. The lowest BCUT2D eigenvalue weighted by Crippen LogP contribution is -2.13. The van der Waals surface area contributed by atoms with Crippen LogP contribution < -0.4 is 0 Å². The molecule has 2 aliphatic carbocycles. The predicted molar refractivity (Wildman–Crippen MR) is 59.0 cm³/mol. The maximum absolute atomic E-state index is 13.1. The Bertz CT molecular complexity index is 400. The standard InChI is InChI=1S/C14H16F2/c15-13-4-2-10(8-14(13)16)7-12-6-9-1-3-11(12)5-9/h2,4,8-9,11-12H,1,3,5-7H2. The Balaban J connectivity index is 1.72. The van der Waals surface area contributed by atoms with Crippen LogP contribution in [0.2, 0.25) is 0 Å². The van der Waals surface area contributed by atoms with E-state index in [1.54, 1.807) is 6.07 Å². The Hall–Kier alpha value is -0.920. The van der Waals surface area contributed by atoms with Crippen molar-refractivity contribution in [3.63, 3.8) is 0 Å². The number of halogens is 2. The van der Waals surface area contributed by atoms with E-state index >= 15 is 0 Å². The van der Waals surface area contributed by atoms with Gasteiger partial charge in [0.1, 0.15) is 0 Å². The van der Waals surface area contributed by atoms with E-state index in [9.17, 15) is 8.78 Å². The summed E-state index contributed by atoms with van der Waals surface area (Å²) in [5.41, 5.74) is 0.955. The molecule has 0 aliphatic heterocycles. The van der Waals surface area contributed by atoms with Crippen LogP contribution in [0.5, 0.6) is 0 Å². The van der Waals surface area contributed by atoms with Crippen LogP contribution in [0.15, 0.2) is 18.2 Å². The largest absolute Gasteiger partial charge is 0.204 e. The van der Waals surface area contributed by atoms with Crippen molar-refractivity contribution in [3.8, 4) is 0 Å². The number of rotatable bonds is 2. The molecular formula is C14H16F2. The highest BCUT2D eigenvalue weighted by Crippen LogP contribution is 2.49. The van der Waals surface area contributed by atoms with Gasteiger partial charge in [0.2, 0.25) is 0 Å². The highest BCUT2D eigenvalue weighted by molar-refractivity contribution is 5.19. The molecule has 2 heteroatoms. The van der Waals surface area contributed by atoms with E-state index in [4.69, 9.17) is 0 Å². The van der Waals surface area contributed by atoms with Gasteiger partial charge >= 0.3 is 0 Å². The SMILES string of the molecule is Fc1ccc(CC2CC3CCC2C3)cc1F. The molecule has 0 N–H and O–H groups in total. The van der Waals surface area contributed by atoms with Crippen molar-refractivity contribution in [3.05, 3.63) is 35.4 Å². The van der Waals surface area contributed by atoms with Crippen LogP contribution in [0.25, 0.3) is 0 Å². The summed E-state index contributed by atoms with van der Waals surface area (Å²) in [6, 6.07) is 4.34. The molecule has 1 aromatic carbocycles. The second-order valence-electron chi connectivity index (χ2n) is 5.39. The van der Waals surface area contributed by atoms with Gasteiger partial charge in [-0.2, -0.15) is 0 Å². The quantitative estimate of drug-likeness (QED) is 0.711. The van der Waals surface area contributed by atoms with Crippen LogP contribution in [-0.4, -0.2) is 0 Å². The van der Waals surface area contributed by atoms with Gasteiger partial charge in [-0.15, -0.1) is 0 Å². The minimum Gasteiger partial charge on any atom is -0.204 e. The molecule has 2 bridgehead atoms. The maximum Gasteiger partial charge on any atom is 0.159 e. The number of fused-ring (bicyclic) bond motifs is 2. The van der Waals surface area contributed by atoms with E-state index in [1.165, 1.54) is 37.8 Å². The maximum atomic E-state index is 13.1. The monoisotopic (exact) mass is 222 g/mol. The third-order valence-corrected chi connectivity index (χ3v) is 4.37. The Morgan fingerprint density at radius 3 is 2.56 bits per heavy atom. The molecule has 0 radical (unpaired) electrons. The molecule has 3 unspecified atom stereocenters. The lowest BCUT2D eigenvalue weighted by molar-refractivity contribution is 0.331. The third kappa shape index (κ3) is 1.74. The summed E-state index contributed by atoms with van der Waals surface area (Å²) in [5, 5.41) is 0. The van der Waals surface area contributed by atoms with E-state index in [1.807, 2.05) is 0 Å². The Labute approximate surface area is 94.7 Å². The molecule has 1 aromatic rings. The summed E-state index contributed by atoms with van der Waals surface area (Å²) < 4.78 is 25.9. The van der Waals surface area contributed by atoms with Crippen LogP contribution in [0.1, 0.15) is 31.2 Å². The first-order chi connectivity index (χ1) is 7.72. The zero-order chi connectivity index (χ0) is 11.1. The van der Waals surface area contributed by atoms with Crippen molar-refractivity contribution >= 4 is 0 Å². The van der Waals surface area contributed by atoms with E-state index in [0.29, 0.717) is 5.92 Å². The molecule has 0 amide bonds. The fourth-order valence-electron chi connectivity index (χ4n) is 3.60. The van der Waals surface area contributed by atoms with Crippen molar-refractivity contribution < 1.29 is 8.78 Å². The molecule has 0 saturated heterocycles. The molecule has 86 valence electrons. The average Bonchev–Trinajstić information content (AvgIpc) is 2.85. The molecular weight excluding hydrogens is 206 g/mol. The van der Waals surface area contributed by atoms with Gasteiger partial charge < -0.3 is 0 Å². The van der Waals surface area contributed by atoms with E-state index in [2.05, 4.69) is 0 Å². The highest BCUT2D eigenvalue weighted by Gasteiger charge is 2.39. The van der Waals surface area contributed by atoms with Gasteiger partial charge in [0.05, 0.1) is 0 Å². The summed E-state index contributed by atoms with van der Waals surface area (Å²) in [4.78, 5) is 0. The van der Waals surface area contributed by atoms with Crippen LogP contribution in [0.4, 0.5) is 8.78 Å². The predicted octanol–water partition coefficient (Wildman–Crippen LogP) is 3.94. The van der Waals surface area contributed by atoms with Crippen molar-refractivity contribution in [2.24, 2.45) is 17.8 Å². The van der Waals surface area contributed by atoms with Gasteiger partial charge in [0, 0.05) is 0 Å². The molecule has 0 heterocycles. The summed E-state index contributed by atoms with van der Waals surface area (Å²) in [6.07, 6.45) is 6.33. The zero-order valence-electron chi connectivity index (χ0n) is 9.26. The first-order valence-electron chi connectivity index (χ1n) is 6.16. The lowest BCUT2D eigenvalue weighted by Gasteiger charge is -2.21. The minimum atomic E-state index is -0.739. The smallest absolute Gasteiger partial charge is 0.159 e. The molecule has 2 saturated carbocycles. The summed E-state index contributed by atoms with van der Waals surface area (Å²) >= 11 is 0. The van der Waals surface area contributed by atoms with Crippen molar-refractivity contribution in [2.75, 3.05) is 0 Å². The summed E-state index contributed by atoms with van der Waals surface area (Å²) in [6.45, 7) is 0. The highest BCUT2D eigenvalue weighted by atomic mass is 19.2. The van der Waals surface area contributed by atoms with Crippen LogP contribution in [-0.2, 0) is 6.42 Å². The van der Waals surface area contributed by atoms with E-state index in [-0.39, 0.29) is 0 Å². The molecule has 2 fully saturated rings. The van der Waals surface area contributed by atoms with Crippen LogP contribution >= 0.6 is 0 Å². The Kier molecular flexibility index (Phi) is 2.45. The molecule has 0 nitrogen and oxygen atoms in total. The summed E-state index contributed by atoms with van der Waals surface area (Å²) in [7, 11) is 0. The van der Waals surface area contributed by atoms with Gasteiger partial charge in [-0.25, -0.2) is 8.78 Å². The minimum absolute atomic E-state index is 0.708. The van der Waals surface area contributed by atoms with Crippen LogP contribution in [0.3, 0.4) is 0 Å². The van der Waals surface area contributed by atoms with Crippen molar-refractivity contribution in [2.45, 2.75) is 32.1 Å².